The molecule has 0 fully saturated rings. The largest absolute Gasteiger partial charge is 0.328 e. The second-order valence-corrected chi connectivity index (χ2v) is 7.48. The van der Waals surface area contributed by atoms with E-state index < -0.39 is 0 Å². The van der Waals surface area contributed by atoms with Crippen molar-refractivity contribution in [2.24, 2.45) is 0 Å². The van der Waals surface area contributed by atoms with Crippen LogP contribution in [-0.2, 0) is 13.2 Å². The summed E-state index contributed by atoms with van der Waals surface area (Å²) < 4.78 is 16.1. The number of nitrogens with one attached hydrogen (secondary N) is 1. The maximum atomic E-state index is 13.7. The summed E-state index contributed by atoms with van der Waals surface area (Å²) in [5, 5.41) is 8.04. The third-order valence-electron chi connectivity index (χ3n) is 3.80. The second-order valence-electron chi connectivity index (χ2n) is 5.86. The van der Waals surface area contributed by atoms with Crippen molar-refractivity contribution >= 4 is 34.4 Å². The van der Waals surface area contributed by atoms with Crippen molar-refractivity contribution in [3.8, 4) is 0 Å². The third-order valence-corrected chi connectivity index (χ3v) is 5.02. The van der Waals surface area contributed by atoms with E-state index in [-0.39, 0.29) is 5.82 Å². The highest BCUT2D eigenvalue weighted by Crippen LogP contribution is 2.22. The van der Waals surface area contributed by atoms with Gasteiger partial charge in [0.15, 0.2) is 3.95 Å². The molecule has 0 saturated heterocycles. The maximum absolute atomic E-state index is 13.7. The molecule has 0 unspecified atom stereocenters. The van der Waals surface area contributed by atoms with Crippen LogP contribution in [0.15, 0.2) is 48.5 Å². The molecule has 0 atom stereocenters. The minimum atomic E-state index is -0.313. The molecule has 1 heterocycles. The first-order chi connectivity index (χ1) is 12.0. The Morgan fingerprint density at radius 1 is 1.20 bits per heavy atom. The fourth-order valence-corrected chi connectivity index (χ4v) is 3.49. The molecular weight excluding hydrogens is 355 g/mol. The first kappa shape index (κ1) is 17.7. The summed E-state index contributed by atoms with van der Waals surface area (Å²) in [4.78, 5) is 2.14. The van der Waals surface area contributed by atoms with Crippen LogP contribution in [-0.4, -0.2) is 21.7 Å². The molecule has 25 heavy (non-hydrogen) atoms. The number of anilines is 2. The molecule has 0 aliphatic heterocycles. The van der Waals surface area contributed by atoms with Crippen LogP contribution in [0.1, 0.15) is 11.1 Å². The van der Waals surface area contributed by atoms with E-state index in [2.05, 4.69) is 34.4 Å². The highest BCUT2D eigenvalue weighted by Gasteiger charge is 2.09. The van der Waals surface area contributed by atoms with Crippen LogP contribution in [0.3, 0.4) is 0 Å². The Kier molecular flexibility index (Phi) is 5.57. The minimum absolute atomic E-state index is 0.313. The second kappa shape index (κ2) is 7.86. The lowest BCUT2D eigenvalue weighted by atomic mass is 10.1. The van der Waals surface area contributed by atoms with Crippen LogP contribution >= 0.6 is 23.6 Å². The summed E-state index contributed by atoms with van der Waals surface area (Å²) in [6.07, 6.45) is 0. The van der Waals surface area contributed by atoms with Crippen LogP contribution in [0.4, 0.5) is 15.2 Å². The predicted molar refractivity (Wildman–Crippen MR) is 103 cm³/mol. The summed E-state index contributed by atoms with van der Waals surface area (Å²) in [6.45, 7) is 3.48. The van der Waals surface area contributed by atoms with E-state index in [4.69, 9.17) is 12.2 Å². The fraction of sp³-hybridized carbons (Fsp3) is 0.222. The van der Waals surface area contributed by atoms with Gasteiger partial charge in [0.05, 0.1) is 12.4 Å². The lowest BCUT2D eigenvalue weighted by molar-refractivity contribution is 0.245. The summed E-state index contributed by atoms with van der Waals surface area (Å²) in [5.41, 5.74) is 2.93. The number of hydrogen-bond acceptors (Lipinski definition) is 5. The lowest BCUT2D eigenvalue weighted by Gasteiger charge is -2.17. The molecular formula is C18H19FN4S2. The van der Waals surface area contributed by atoms with E-state index in [9.17, 15) is 4.39 Å². The number of para-hydroxylation sites is 1. The van der Waals surface area contributed by atoms with Crippen molar-refractivity contribution in [3.05, 3.63) is 69.4 Å². The summed E-state index contributed by atoms with van der Waals surface area (Å²) >= 11 is 6.72. The first-order valence-corrected chi connectivity index (χ1v) is 9.08. The monoisotopic (exact) mass is 374 g/mol. The molecule has 4 nitrogen and oxygen atoms in total. The van der Waals surface area contributed by atoms with Gasteiger partial charge in [0.1, 0.15) is 5.82 Å². The number of nitrogens with zero attached hydrogens (tertiary/aromatic N) is 3. The van der Waals surface area contributed by atoms with Gasteiger partial charge in [-0.3, -0.25) is 4.90 Å². The van der Waals surface area contributed by atoms with Crippen molar-refractivity contribution < 1.29 is 4.39 Å². The number of hydrogen-bond donors (Lipinski definition) is 1. The van der Waals surface area contributed by atoms with Gasteiger partial charge in [0.25, 0.3) is 0 Å². The smallest absolute Gasteiger partial charge is 0.209 e. The normalized spacial score (nSPS) is 11.0. The molecule has 2 aromatic carbocycles. The molecule has 7 heteroatoms. The molecule has 0 aliphatic carbocycles. The maximum Gasteiger partial charge on any atom is 0.209 e. The molecule has 3 rings (SSSR count). The van der Waals surface area contributed by atoms with Gasteiger partial charge in [0, 0.05) is 6.54 Å². The fourth-order valence-electron chi connectivity index (χ4n) is 2.48. The first-order valence-electron chi connectivity index (χ1n) is 7.85. The molecule has 0 amide bonds. The van der Waals surface area contributed by atoms with Crippen LogP contribution in [0.25, 0.3) is 0 Å². The molecule has 1 N–H and O–H groups in total. The van der Waals surface area contributed by atoms with E-state index in [0.717, 1.165) is 6.54 Å². The SMILES string of the molecule is Cc1ccccc1CN(C)Cn1nc(Nc2ccccc2F)sc1=S. The van der Waals surface area contributed by atoms with Gasteiger partial charge < -0.3 is 5.32 Å². The van der Waals surface area contributed by atoms with E-state index in [1.807, 2.05) is 19.2 Å². The quantitative estimate of drug-likeness (QED) is 0.619. The Morgan fingerprint density at radius 3 is 2.68 bits per heavy atom. The van der Waals surface area contributed by atoms with Crippen molar-refractivity contribution in [1.29, 1.82) is 0 Å². The van der Waals surface area contributed by atoms with Crippen molar-refractivity contribution in [1.82, 2.24) is 14.7 Å². The topological polar surface area (TPSA) is 33.1 Å². The standard InChI is InChI=1S/C18H19FN4S2/c1-13-7-3-4-8-14(13)11-22(2)12-23-18(24)25-17(21-23)20-16-10-6-5-9-15(16)19/h3-10H,11-12H2,1-2H3,(H,20,21). The van der Waals surface area contributed by atoms with Gasteiger partial charge in [-0.15, -0.1) is 5.10 Å². The molecule has 1 aromatic heterocycles. The highest BCUT2D eigenvalue weighted by atomic mass is 32.1. The van der Waals surface area contributed by atoms with E-state index in [0.29, 0.717) is 21.4 Å². The Bertz CT molecular complexity index is 919. The van der Waals surface area contributed by atoms with Gasteiger partial charge in [0.2, 0.25) is 5.13 Å². The predicted octanol–water partition coefficient (Wildman–Crippen LogP) is 4.95. The molecule has 0 radical (unpaired) electrons. The highest BCUT2D eigenvalue weighted by molar-refractivity contribution is 7.73. The molecule has 0 bridgehead atoms. The van der Waals surface area contributed by atoms with Gasteiger partial charge in [-0.2, -0.15) is 0 Å². The average Bonchev–Trinajstić information content (AvgIpc) is 2.91. The van der Waals surface area contributed by atoms with Gasteiger partial charge in [-0.05, 0) is 49.4 Å². The molecule has 0 saturated carbocycles. The molecule has 0 aliphatic rings. The molecule has 3 aromatic rings. The van der Waals surface area contributed by atoms with Gasteiger partial charge >= 0.3 is 0 Å². The lowest BCUT2D eigenvalue weighted by Crippen LogP contribution is -2.22. The summed E-state index contributed by atoms with van der Waals surface area (Å²) in [7, 11) is 2.03. The summed E-state index contributed by atoms with van der Waals surface area (Å²) in [6, 6.07) is 14.8. The Morgan fingerprint density at radius 2 is 1.92 bits per heavy atom. The van der Waals surface area contributed by atoms with E-state index in [1.165, 1.54) is 28.5 Å². The number of aromatic nitrogens is 2. The van der Waals surface area contributed by atoms with Crippen LogP contribution in [0, 0.1) is 16.7 Å². The van der Waals surface area contributed by atoms with E-state index >= 15 is 0 Å². The number of benzene rings is 2. The minimum Gasteiger partial charge on any atom is -0.328 e. The van der Waals surface area contributed by atoms with Crippen molar-refractivity contribution in [3.63, 3.8) is 0 Å². The van der Waals surface area contributed by atoms with Crippen LogP contribution in [0.2, 0.25) is 0 Å². The van der Waals surface area contributed by atoms with Crippen LogP contribution in [0.5, 0.6) is 0 Å². The Hall–Kier alpha value is -2.09. The number of aryl methyl sites for hydroxylation is 1. The number of rotatable bonds is 6. The Balaban J connectivity index is 1.69. The average molecular weight is 375 g/mol. The molecule has 130 valence electrons. The van der Waals surface area contributed by atoms with Crippen LogP contribution < -0.4 is 5.32 Å². The zero-order chi connectivity index (χ0) is 17.8. The van der Waals surface area contributed by atoms with Gasteiger partial charge in [-0.1, -0.05) is 47.7 Å². The Labute approximate surface area is 155 Å². The third kappa shape index (κ3) is 4.50. The molecule has 0 spiro atoms. The van der Waals surface area contributed by atoms with Crippen molar-refractivity contribution in [2.45, 2.75) is 20.1 Å². The number of halogens is 1. The summed E-state index contributed by atoms with van der Waals surface area (Å²) in [5.74, 6) is -0.313. The van der Waals surface area contributed by atoms with Crippen molar-refractivity contribution in [2.75, 3.05) is 12.4 Å². The van der Waals surface area contributed by atoms with Gasteiger partial charge in [-0.25, -0.2) is 9.07 Å². The zero-order valence-electron chi connectivity index (χ0n) is 14.1. The zero-order valence-corrected chi connectivity index (χ0v) is 15.7. The van der Waals surface area contributed by atoms with E-state index in [1.54, 1.807) is 22.9 Å².